The molecule has 4 nitrogen and oxygen atoms in total. The molecule has 90 valence electrons. The van der Waals surface area contributed by atoms with Gasteiger partial charge in [-0.1, -0.05) is 18.2 Å². The van der Waals surface area contributed by atoms with E-state index in [4.69, 9.17) is 5.73 Å². The van der Waals surface area contributed by atoms with Crippen LogP contribution in [0, 0.1) is 0 Å². The monoisotopic (exact) mass is 238 g/mol. The number of hydrogen-bond acceptors (Lipinski definition) is 3. The van der Waals surface area contributed by atoms with Gasteiger partial charge in [-0.15, -0.1) is 0 Å². The first-order chi connectivity index (χ1) is 8.84. The number of rotatable bonds is 0. The highest BCUT2D eigenvalue weighted by atomic mass is 15.1. The van der Waals surface area contributed by atoms with Crippen molar-refractivity contribution in [2.45, 2.75) is 25.8 Å². The minimum Gasteiger partial charge on any atom is -0.382 e. The zero-order valence-corrected chi connectivity index (χ0v) is 10.1. The maximum Gasteiger partial charge on any atom is 0.152 e. The number of anilines is 1. The van der Waals surface area contributed by atoms with Gasteiger partial charge in [0.1, 0.15) is 11.3 Å². The van der Waals surface area contributed by atoms with Crippen LogP contribution in [-0.2, 0) is 13.0 Å². The fraction of sp³-hybridized carbons (Fsp3) is 0.286. The minimum atomic E-state index is 0.547. The Morgan fingerprint density at radius 1 is 1.11 bits per heavy atom. The van der Waals surface area contributed by atoms with E-state index < -0.39 is 0 Å². The third-order valence-corrected chi connectivity index (χ3v) is 3.72. The van der Waals surface area contributed by atoms with Gasteiger partial charge in [-0.25, -0.2) is 9.97 Å². The number of aryl methyl sites for hydroxylation is 2. The molecule has 0 atom stereocenters. The van der Waals surface area contributed by atoms with Gasteiger partial charge in [-0.3, -0.25) is 0 Å². The Labute approximate surface area is 104 Å². The van der Waals surface area contributed by atoms with Gasteiger partial charge in [0, 0.05) is 18.4 Å². The van der Waals surface area contributed by atoms with Crippen LogP contribution in [0.3, 0.4) is 0 Å². The van der Waals surface area contributed by atoms with Crippen LogP contribution in [0.1, 0.15) is 18.7 Å². The summed E-state index contributed by atoms with van der Waals surface area (Å²) in [6.45, 7) is 1.04. The van der Waals surface area contributed by atoms with Gasteiger partial charge >= 0.3 is 0 Å². The summed E-state index contributed by atoms with van der Waals surface area (Å²) in [5.74, 6) is 1.70. The number of hydrogen-bond donors (Lipinski definition) is 1. The number of benzene rings is 1. The van der Waals surface area contributed by atoms with Gasteiger partial charge in [0.15, 0.2) is 5.82 Å². The van der Waals surface area contributed by atoms with Crippen molar-refractivity contribution in [2.75, 3.05) is 5.73 Å². The lowest BCUT2D eigenvalue weighted by atomic mass is 10.1. The second-order valence-electron chi connectivity index (χ2n) is 4.85. The first kappa shape index (κ1) is 9.88. The third-order valence-electron chi connectivity index (χ3n) is 3.72. The Morgan fingerprint density at radius 3 is 2.94 bits per heavy atom. The molecule has 3 heterocycles. The fourth-order valence-corrected chi connectivity index (χ4v) is 2.89. The van der Waals surface area contributed by atoms with Crippen LogP contribution in [0.5, 0.6) is 0 Å². The number of para-hydroxylation sites is 1. The number of nitrogens with zero attached hydrogens (tertiary/aromatic N) is 3. The summed E-state index contributed by atoms with van der Waals surface area (Å²) in [5, 5.41) is 1.15. The zero-order valence-electron chi connectivity index (χ0n) is 10.1. The van der Waals surface area contributed by atoms with E-state index in [1.807, 2.05) is 18.2 Å². The Kier molecular flexibility index (Phi) is 1.89. The van der Waals surface area contributed by atoms with E-state index in [-0.39, 0.29) is 0 Å². The maximum atomic E-state index is 6.05. The molecule has 0 saturated heterocycles. The molecule has 2 N–H and O–H groups in total. The van der Waals surface area contributed by atoms with Crippen molar-refractivity contribution in [3.05, 3.63) is 30.1 Å². The van der Waals surface area contributed by atoms with Crippen LogP contribution >= 0.6 is 0 Å². The Balaban J connectivity index is 2.24. The molecular weight excluding hydrogens is 224 g/mol. The summed E-state index contributed by atoms with van der Waals surface area (Å²) >= 11 is 0. The number of nitrogens with two attached hydrogens (primary N) is 1. The predicted molar refractivity (Wildman–Crippen MR) is 72.4 cm³/mol. The molecule has 4 rings (SSSR count). The Morgan fingerprint density at radius 2 is 2.00 bits per heavy atom. The van der Waals surface area contributed by atoms with E-state index in [9.17, 15) is 0 Å². The summed E-state index contributed by atoms with van der Waals surface area (Å²) in [4.78, 5) is 9.13. The van der Waals surface area contributed by atoms with Gasteiger partial charge in [0.05, 0.1) is 11.0 Å². The molecule has 18 heavy (non-hydrogen) atoms. The van der Waals surface area contributed by atoms with Crippen molar-refractivity contribution in [1.82, 2.24) is 14.5 Å². The van der Waals surface area contributed by atoms with Crippen LogP contribution in [0.25, 0.3) is 21.9 Å². The average molecular weight is 238 g/mol. The normalized spacial score (nSPS) is 15.1. The second kappa shape index (κ2) is 3.45. The van der Waals surface area contributed by atoms with Crippen molar-refractivity contribution < 1.29 is 0 Å². The van der Waals surface area contributed by atoms with Crippen LogP contribution < -0.4 is 5.73 Å². The van der Waals surface area contributed by atoms with Gasteiger partial charge in [0.25, 0.3) is 0 Å². The van der Waals surface area contributed by atoms with Crippen LogP contribution in [0.4, 0.5) is 5.82 Å². The highest BCUT2D eigenvalue weighted by molar-refractivity contribution is 6.06. The quantitative estimate of drug-likeness (QED) is 0.654. The molecule has 0 fully saturated rings. The highest BCUT2D eigenvalue weighted by Crippen LogP contribution is 2.30. The number of fused-ring (bicyclic) bond motifs is 5. The van der Waals surface area contributed by atoms with E-state index in [0.717, 1.165) is 40.7 Å². The lowest BCUT2D eigenvalue weighted by Crippen LogP contribution is -2.10. The standard InChI is InChI=1S/C14H14N4/c15-14-12-13(9-5-1-2-6-10(9)16-14)18-8-4-3-7-11(18)17-12/h1-2,5-6H,3-4,7-8H2,(H2,15,16). The summed E-state index contributed by atoms with van der Waals surface area (Å²) in [6, 6.07) is 8.15. The smallest absolute Gasteiger partial charge is 0.152 e. The number of aromatic nitrogens is 3. The molecule has 0 aliphatic carbocycles. The van der Waals surface area contributed by atoms with Gasteiger partial charge in [-0.05, 0) is 18.9 Å². The van der Waals surface area contributed by atoms with Crippen molar-refractivity contribution in [3.8, 4) is 0 Å². The van der Waals surface area contributed by atoms with E-state index >= 15 is 0 Å². The molecule has 0 spiro atoms. The lowest BCUT2D eigenvalue weighted by molar-refractivity contribution is 0.533. The second-order valence-corrected chi connectivity index (χ2v) is 4.85. The summed E-state index contributed by atoms with van der Waals surface area (Å²) in [7, 11) is 0. The van der Waals surface area contributed by atoms with Crippen LogP contribution in [-0.4, -0.2) is 14.5 Å². The molecule has 0 unspecified atom stereocenters. The molecule has 0 saturated carbocycles. The molecule has 1 aliphatic rings. The fourth-order valence-electron chi connectivity index (χ4n) is 2.89. The van der Waals surface area contributed by atoms with E-state index in [1.165, 1.54) is 12.8 Å². The van der Waals surface area contributed by atoms with Crippen molar-refractivity contribution >= 4 is 27.8 Å². The van der Waals surface area contributed by atoms with Gasteiger partial charge in [-0.2, -0.15) is 0 Å². The van der Waals surface area contributed by atoms with Crippen molar-refractivity contribution in [2.24, 2.45) is 0 Å². The first-order valence-electron chi connectivity index (χ1n) is 6.38. The predicted octanol–water partition coefficient (Wildman–Crippen LogP) is 2.50. The van der Waals surface area contributed by atoms with Gasteiger partial charge < -0.3 is 10.3 Å². The summed E-state index contributed by atoms with van der Waals surface area (Å²) in [5.41, 5.74) is 9.03. The topological polar surface area (TPSA) is 56.7 Å². The summed E-state index contributed by atoms with van der Waals surface area (Å²) in [6.07, 6.45) is 3.48. The lowest BCUT2D eigenvalue weighted by Gasteiger charge is -2.14. The first-order valence-corrected chi connectivity index (χ1v) is 6.38. The molecule has 1 aliphatic heterocycles. The van der Waals surface area contributed by atoms with Crippen molar-refractivity contribution in [3.63, 3.8) is 0 Å². The molecule has 4 heteroatoms. The average Bonchev–Trinajstić information content (AvgIpc) is 2.79. The number of nitrogen functional groups attached to an aromatic ring is 1. The number of imidazole rings is 1. The Bertz CT molecular complexity index is 757. The molecule has 3 aromatic rings. The highest BCUT2D eigenvalue weighted by Gasteiger charge is 2.18. The molecule has 0 bridgehead atoms. The molecule has 0 amide bonds. The van der Waals surface area contributed by atoms with Gasteiger partial charge in [0.2, 0.25) is 0 Å². The molecular formula is C14H14N4. The summed E-state index contributed by atoms with van der Waals surface area (Å²) < 4.78 is 2.32. The maximum absolute atomic E-state index is 6.05. The van der Waals surface area contributed by atoms with Crippen LogP contribution in [0.2, 0.25) is 0 Å². The third kappa shape index (κ3) is 1.20. The van der Waals surface area contributed by atoms with E-state index in [2.05, 4.69) is 20.6 Å². The van der Waals surface area contributed by atoms with Crippen molar-refractivity contribution in [1.29, 1.82) is 0 Å². The molecule has 1 aromatic carbocycles. The van der Waals surface area contributed by atoms with E-state index in [0.29, 0.717) is 5.82 Å². The van der Waals surface area contributed by atoms with Crippen LogP contribution in [0.15, 0.2) is 24.3 Å². The molecule has 0 radical (unpaired) electrons. The largest absolute Gasteiger partial charge is 0.382 e. The minimum absolute atomic E-state index is 0.547. The SMILES string of the molecule is Nc1nc2ccccc2c2c1nc1n2CCCC1. The Hall–Kier alpha value is -2.10. The zero-order chi connectivity index (χ0) is 12.1. The number of pyridine rings is 1. The van der Waals surface area contributed by atoms with E-state index in [1.54, 1.807) is 0 Å². The molecule has 2 aromatic heterocycles.